The van der Waals surface area contributed by atoms with Gasteiger partial charge in [0.1, 0.15) is 0 Å². The van der Waals surface area contributed by atoms with E-state index >= 15 is 0 Å². The molecule has 1 aliphatic rings. The fraction of sp³-hybridized carbons (Fsp3) is 0.500. The minimum atomic E-state index is -3.44. The molecule has 1 fully saturated rings. The Bertz CT molecular complexity index is 567. The van der Waals surface area contributed by atoms with E-state index in [1.165, 1.54) is 0 Å². The summed E-state index contributed by atoms with van der Waals surface area (Å²) in [5.41, 5.74) is 6.99. The van der Waals surface area contributed by atoms with Crippen molar-refractivity contribution in [1.82, 2.24) is 4.31 Å². The largest absolute Gasteiger partial charge is 0.398 e. The quantitative estimate of drug-likeness (QED) is 0.818. The monoisotopic (exact) mass is 364 g/mol. The molecule has 2 N–H and O–H groups in total. The molecule has 1 aliphatic heterocycles. The van der Waals surface area contributed by atoms with Crippen LogP contribution in [0.5, 0.6) is 0 Å². The molecular formula is C12H17BrN2O2S2. The van der Waals surface area contributed by atoms with Crippen molar-refractivity contribution in [2.75, 3.05) is 30.3 Å². The van der Waals surface area contributed by atoms with Crippen LogP contribution >= 0.6 is 27.7 Å². The molecule has 106 valence electrons. The van der Waals surface area contributed by atoms with Gasteiger partial charge >= 0.3 is 0 Å². The predicted molar refractivity (Wildman–Crippen MR) is 84.0 cm³/mol. The first-order valence-corrected chi connectivity index (χ1v) is 9.45. The summed E-state index contributed by atoms with van der Waals surface area (Å²) in [5, 5.41) is 0. The molecule has 2 rings (SSSR count). The fourth-order valence-electron chi connectivity index (χ4n) is 2.05. The van der Waals surface area contributed by atoms with E-state index in [2.05, 4.69) is 15.9 Å². The zero-order valence-electron chi connectivity index (χ0n) is 10.7. The van der Waals surface area contributed by atoms with E-state index in [4.69, 9.17) is 5.73 Å². The molecule has 1 heterocycles. The Morgan fingerprint density at radius 2 is 2.05 bits per heavy atom. The summed E-state index contributed by atoms with van der Waals surface area (Å²) >= 11 is 5.12. The van der Waals surface area contributed by atoms with Gasteiger partial charge in [0.2, 0.25) is 10.0 Å². The Kier molecular flexibility index (Phi) is 4.81. The van der Waals surface area contributed by atoms with E-state index in [9.17, 15) is 8.42 Å². The van der Waals surface area contributed by atoms with Crippen LogP contribution in [0.1, 0.15) is 12.0 Å². The van der Waals surface area contributed by atoms with Crippen LogP contribution in [0.15, 0.2) is 21.5 Å². The molecule has 0 radical (unpaired) electrons. The maximum Gasteiger partial charge on any atom is 0.243 e. The number of hydrogen-bond donors (Lipinski definition) is 1. The van der Waals surface area contributed by atoms with Gasteiger partial charge in [-0.3, -0.25) is 0 Å². The summed E-state index contributed by atoms with van der Waals surface area (Å²) in [6.45, 7) is 2.96. The van der Waals surface area contributed by atoms with Crippen LogP contribution in [-0.4, -0.2) is 37.3 Å². The minimum absolute atomic E-state index is 0.320. The van der Waals surface area contributed by atoms with Gasteiger partial charge in [-0.2, -0.15) is 16.1 Å². The molecule has 1 aromatic rings. The van der Waals surface area contributed by atoms with Crippen LogP contribution < -0.4 is 5.73 Å². The van der Waals surface area contributed by atoms with Gasteiger partial charge in [-0.1, -0.05) is 0 Å². The summed E-state index contributed by atoms with van der Waals surface area (Å²) in [6, 6.07) is 3.31. The standard InChI is InChI=1S/C12H17BrN2O2S2/c1-9-7-10(13)11(14)8-12(9)19(16,17)15-3-2-5-18-6-4-15/h7-8H,2-6,14H2,1H3. The number of nitrogens with two attached hydrogens (primary N) is 1. The SMILES string of the molecule is Cc1cc(Br)c(N)cc1S(=O)(=O)N1CCCSCC1. The van der Waals surface area contributed by atoms with Gasteiger partial charge < -0.3 is 5.73 Å². The maximum atomic E-state index is 12.7. The average Bonchev–Trinajstić information content (AvgIpc) is 2.62. The lowest BCUT2D eigenvalue weighted by atomic mass is 10.2. The molecule has 4 nitrogen and oxygen atoms in total. The Balaban J connectivity index is 2.41. The van der Waals surface area contributed by atoms with Crippen LogP contribution in [0.3, 0.4) is 0 Å². The van der Waals surface area contributed by atoms with Crippen LogP contribution in [0.2, 0.25) is 0 Å². The summed E-state index contributed by atoms with van der Waals surface area (Å²) in [7, 11) is -3.44. The maximum absolute atomic E-state index is 12.7. The van der Waals surface area contributed by atoms with Crippen molar-refractivity contribution in [3.63, 3.8) is 0 Å². The molecule has 19 heavy (non-hydrogen) atoms. The Morgan fingerprint density at radius 1 is 1.32 bits per heavy atom. The molecule has 1 aromatic carbocycles. The molecule has 0 bridgehead atoms. The van der Waals surface area contributed by atoms with E-state index < -0.39 is 10.0 Å². The normalized spacial score (nSPS) is 18.2. The van der Waals surface area contributed by atoms with Crippen molar-refractivity contribution >= 4 is 43.4 Å². The Labute approximate surface area is 126 Å². The molecule has 0 atom stereocenters. The molecule has 0 unspecified atom stereocenters. The van der Waals surface area contributed by atoms with Gasteiger partial charge in [-0.05, 0) is 52.7 Å². The first kappa shape index (κ1) is 15.2. The highest BCUT2D eigenvalue weighted by molar-refractivity contribution is 9.10. The van der Waals surface area contributed by atoms with E-state index in [-0.39, 0.29) is 0 Å². The third kappa shape index (κ3) is 3.26. The summed E-state index contributed by atoms with van der Waals surface area (Å²) in [6.07, 6.45) is 0.898. The minimum Gasteiger partial charge on any atom is -0.398 e. The number of nitrogen functional groups attached to an aromatic ring is 1. The van der Waals surface area contributed by atoms with Crippen molar-refractivity contribution in [2.24, 2.45) is 0 Å². The average molecular weight is 365 g/mol. The molecule has 0 aromatic heterocycles. The number of hydrogen-bond acceptors (Lipinski definition) is 4. The van der Waals surface area contributed by atoms with Gasteiger partial charge in [0.05, 0.1) is 4.90 Å². The molecule has 0 amide bonds. The van der Waals surface area contributed by atoms with Crippen molar-refractivity contribution < 1.29 is 8.42 Å². The van der Waals surface area contributed by atoms with Crippen molar-refractivity contribution in [1.29, 1.82) is 0 Å². The zero-order chi connectivity index (χ0) is 14.0. The van der Waals surface area contributed by atoms with E-state index in [0.29, 0.717) is 23.7 Å². The Hall–Kier alpha value is -0.240. The van der Waals surface area contributed by atoms with E-state index in [1.54, 1.807) is 35.1 Å². The fourth-order valence-corrected chi connectivity index (χ4v) is 5.23. The lowest BCUT2D eigenvalue weighted by Gasteiger charge is -2.21. The predicted octanol–water partition coefficient (Wildman–Crippen LogP) is 2.47. The first-order chi connectivity index (χ1) is 8.93. The third-order valence-corrected chi connectivity index (χ3v) is 6.87. The highest BCUT2D eigenvalue weighted by atomic mass is 79.9. The van der Waals surface area contributed by atoms with E-state index in [0.717, 1.165) is 28.0 Å². The van der Waals surface area contributed by atoms with Gasteiger partial charge in [-0.15, -0.1) is 0 Å². The number of aryl methyl sites for hydroxylation is 1. The lowest BCUT2D eigenvalue weighted by Crippen LogP contribution is -2.33. The van der Waals surface area contributed by atoms with E-state index in [1.807, 2.05) is 0 Å². The highest BCUT2D eigenvalue weighted by Crippen LogP contribution is 2.29. The second-order valence-electron chi connectivity index (χ2n) is 4.51. The first-order valence-electron chi connectivity index (χ1n) is 6.06. The zero-order valence-corrected chi connectivity index (χ0v) is 13.9. The molecule has 0 spiro atoms. The molecule has 0 saturated carbocycles. The topological polar surface area (TPSA) is 63.4 Å². The Morgan fingerprint density at radius 3 is 2.79 bits per heavy atom. The number of anilines is 1. The number of rotatable bonds is 2. The molecule has 1 saturated heterocycles. The van der Waals surface area contributed by atoms with Gasteiger partial charge in [0, 0.05) is 29.0 Å². The highest BCUT2D eigenvalue weighted by Gasteiger charge is 2.27. The number of benzene rings is 1. The lowest BCUT2D eigenvalue weighted by molar-refractivity contribution is 0.434. The summed E-state index contributed by atoms with van der Waals surface area (Å²) in [5.74, 6) is 1.87. The summed E-state index contributed by atoms with van der Waals surface area (Å²) in [4.78, 5) is 0.320. The van der Waals surface area contributed by atoms with Crippen LogP contribution in [0.25, 0.3) is 0 Å². The van der Waals surface area contributed by atoms with Crippen LogP contribution in [0, 0.1) is 6.92 Å². The van der Waals surface area contributed by atoms with Crippen LogP contribution in [0.4, 0.5) is 5.69 Å². The van der Waals surface area contributed by atoms with Gasteiger partial charge in [0.15, 0.2) is 0 Å². The summed E-state index contributed by atoms with van der Waals surface area (Å²) < 4.78 is 27.6. The second kappa shape index (κ2) is 6.03. The van der Waals surface area contributed by atoms with Gasteiger partial charge in [-0.25, -0.2) is 8.42 Å². The van der Waals surface area contributed by atoms with Crippen molar-refractivity contribution in [2.45, 2.75) is 18.2 Å². The number of thioether (sulfide) groups is 1. The second-order valence-corrected chi connectivity index (χ2v) is 8.49. The van der Waals surface area contributed by atoms with Gasteiger partial charge in [0.25, 0.3) is 0 Å². The van der Waals surface area contributed by atoms with Crippen molar-refractivity contribution in [3.8, 4) is 0 Å². The smallest absolute Gasteiger partial charge is 0.243 e. The number of nitrogens with zero attached hydrogens (tertiary/aromatic N) is 1. The third-order valence-electron chi connectivity index (χ3n) is 3.09. The van der Waals surface area contributed by atoms with Crippen molar-refractivity contribution in [3.05, 3.63) is 22.2 Å². The van der Waals surface area contributed by atoms with Crippen LogP contribution in [-0.2, 0) is 10.0 Å². The number of sulfonamides is 1. The molecular weight excluding hydrogens is 348 g/mol. The molecule has 0 aliphatic carbocycles. The number of halogens is 1. The molecule has 7 heteroatoms.